The second-order valence-corrected chi connectivity index (χ2v) is 7.07. The van der Waals surface area contributed by atoms with Gasteiger partial charge in [0.15, 0.2) is 0 Å². The average Bonchev–Trinajstić information content (AvgIpc) is 3.24. The van der Waals surface area contributed by atoms with Gasteiger partial charge in [-0.1, -0.05) is 54.6 Å². The molecule has 2 aromatic carbocycles. The van der Waals surface area contributed by atoms with E-state index in [1.54, 1.807) is 11.0 Å². The van der Waals surface area contributed by atoms with Crippen molar-refractivity contribution in [1.29, 1.82) is 0 Å². The van der Waals surface area contributed by atoms with Crippen molar-refractivity contribution in [3.8, 4) is 0 Å². The molecular weight excluding hydrogens is 318 g/mol. The summed E-state index contributed by atoms with van der Waals surface area (Å²) < 4.78 is 5.93. The molecular formula is C20H17NO4. The van der Waals surface area contributed by atoms with E-state index in [0.29, 0.717) is 13.1 Å². The number of aliphatic carboxylic acids is 1. The van der Waals surface area contributed by atoms with Crippen molar-refractivity contribution in [2.24, 2.45) is 11.8 Å². The summed E-state index contributed by atoms with van der Waals surface area (Å²) in [5.74, 6) is -2.47. The number of hydrogen-bond donors (Lipinski definition) is 1. The molecule has 2 saturated heterocycles. The number of carboxylic acids is 1. The summed E-state index contributed by atoms with van der Waals surface area (Å²) in [5, 5.41) is 11.8. The Bertz CT molecular complexity index is 931. The molecule has 2 aromatic rings. The summed E-state index contributed by atoms with van der Waals surface area (Å²) in [6, 6.07) is 14.1. The molecule has 5 nitrogen and oxygen atoms in total. The molecule has 25 heavy (non-hydrogen) atoms. The average molecular weight is 335 g/mol. The smallest absolute Gasteiger partial charge is 0.310 e. The van der Waals surface area contributed by atoms with E-state index in [1.165, 1.54) is 0 Å². The Morgan fingerprint density at radius 1 is 1.24 bits per heavy atom. The number of rotatable bonds is 3. The molecule has 0 saturated carbocycles. The molecule has 0 unspecified atom stereocenters. The number of hydrogen-bond acceptors (Lipinski definition) is 3. The van der Waals surface area contributed by atoms with Gasteiger partial charge >= 0.3 is 5.97 Å². The third-order valence-electron chi connectivity index (χ3n) is 5.71. The van der Waals surface area contributed by atoms with Gasteiger partial charge in [-0.3, -0.25) is 9.59 Å². The van der Waals surface area contributed by atoms with E-state index >= 15 is 0 Å². The van der Waals surface area contributed by atoms with Crippen LogP contribution >= 0.6 is 0 Å². The van der Waals surface area contributed by atoms with Gasteiger partial charge in [-0.25, -0.2) is 0 Å². The number of fused-ring (bicyclic) bond motifs is 2. The summed E-state index contributed by atoms with van der Waals surface area (Å²) in [4.78, 5) is 26.4. The summed E-state index contributed by atoms with van der Waals surface area (Å²) in [5.41, 5.74) is 0.295. The Balaban J connectivity index is 1.50. The number of benzene rings is 2. The lowest BCUT2D eigenvalue weighted by molar-refractivity contribution is -0.148. The van der Waals surface area contributed by atoms with Crippen LogP contribution in [-0.4, -0.2) is 40.1 Å². The molecule has 2 fully saturated rings. The first kappa shape index (κ1) is 14.7. The number of likely N-dealkylation sites (tertiary alicyclic amines) is 1. The zero-order valence-corrected chi connectivity index (χ0v) is 13.5. The molecule has 126 valence electrons. The van der Waals surface area contributed by atoms with Gasteiger partial charge < -0.3 is 14.7 Å². The highest BCUT2D eigenvalue weighted by atomic mass is 16.5. The van der Waals surface area contributed by atoms with Gasteiger partial charge in [0.2, 0.25) is 5.91 Å². The number of carboxylic acid groups (broad SMARTS) is 1. The van der Waals surface area contributed by atoms with Gasteiger partial charge in [-0.15, -0.1) is 0 Å². The van der Waals surface area contributed by atoms with Crippen molar-refractivity contribution in [2.45, 2.75) is 18.2 Å². The third kappa shape index (κ3) is 1.93. The Hall–Kier alpha value is -2.66. The van der Waals surface area contributed by atoms with Crippen LogP contribution in [0.25, 0.3) is 10.8 Å². The fourth-order valence-corrected chi connectivity index (χ4v) is 4.63. The van der Waals surface area contributed by atoms with Crippen LogP contribution in [0.3, 0.4) is 0 Å². The number of carbonyl (C=O) groups is 2. The van der Waals surface area contributed by atoms with Crippen LogP contribution < -0.4 is 0 Å². The standard InChI is InChI=1S/C20H17NO4/c22-18-17-16(19(23)24)15-8-9-20(17,25-15)11-21(18)10-13-6-3-5-12-4-1-2-7-14(12)13/h1-9,15-17H,10-11H2,(H,23,24)/t15-,16-,17+,20+/m1/s1. The second-order valence-electron chi connectivity index (χ2n) is 7.07. The fraction of sp³-hybridized carbons (Fsp3) is 0.300. The summed E-state index contributed by atoms with van der Waals surface area (Å²) >= 11 is 0. The van der Waals surface area contributed by atoms with Gasteiger partial charge in [0.1, 0.15) is 11.5 Å². The molecule has 5 heteroatoms. The molecule has 1 N–H and O–H groups in total. The fourth-order valence-electron chi connectivity index (χ4n) is 4.63. The van der Waals surface area contributed by atoms with E-state index in [2.05, 4.69) is 0 Å². The molecule has 1 spiro atoms. The zero-order valence-electron chi connectivity index (χ0n) is 13.5. The first-order valence-electron chi connectivity index (χ1n) is 8.44. The molecule has 3 aliphatic rings. The van der Waals surface area contributed by atoms with Crippen molar-refractivity contribution in [3.63, 3.8) is 0 Å². The van der Waals surface area contributed by atoms with Crippen molar-refractivity contribution < 1.29 is 19.4 Å². The van der Waals surface area contributed by atoms with Crippen LogP contribution in [-0.2, 0) is 20.9 Å². The Labute approximate surface area is 144 Å². The number of ether oxygens (including phenoxy) is 1. The Kier molecular flexibility index (Phi) is 2.89. The van der Waals surface area contributed by atoms with Gasteiger partial charge in [-0.05, 0) is 16.3 Å². The first-order chi connectivity index (χ1) is 12.1. The van der Waals surface area contributed by atoms with E-state index in [0.717, 1.165) is 16.3 Å². The quantitative estimate of drug-likeness (QED) is 0.874. The normalized spacial score (nSPS) is 32.6. The van der Waals surface area contributed by atoms with Gasteiger partial charge in [0, 0.05) is 6.54 Å². The van der Waals surface area contributed by atoms with Crippen molar-refractivity contribution in [1.82, 2.24) is 4.90 Å². The van der Waals surface area contributed by atoms with Crippen LogP contribution in [0, 0.1) is 11.8 Å². The SMILES string of the molecule is O=C(O)[C@H]1[C@H]2C(=O)N(Cc3cccc4ccccc34)C[C@@]23C=C[C@H]1O3. The van der Waals surface area contributed by atoms with E-state index in [-0.39, 0.29) is 5.91 Å². The molecule has 4 atom stereocenters. The molecule has 3 heterocycles. The highest BCUT2D eigenvalue weighted by Gasteiger charge is 2.66. The second kappa shape index (κ2) is 4.92. The number of carbonyl (C=O) groups excluding carboxylic acids is 1. The Morgan fingerprint density at radius 2 is 2.04 bits per heavy atom. The lowest BCUT2D eigenvalue weighted by Crippen LogP contribution is -2.39. The first-order valence-corrected chi connectivity index (χ1v) is 8.44. The third-order valence-corrected chi connectivity index (χ3v) is 5.71. The molecule has 2 bridgehead atoms. The van der Waals surface area contributed by atoms with Crippen LogP contribution in [0.15, 0.2) is 54.6 Å². The molecule has 0 aliphatic carbocycles. The van der Waals surface area contributed by atoms with Crippen LogP contribution in [0.5, 0.6) is 0 Å². The summed E-state index contributed by atoms with van der Waals surface area (Å²) in [6.45, 7) is 0.878. The van der Waals surface area contributed by atoms with E-state index in [4.69, 9.17) is 4.74 Å². The predicted molar refractivity (Wildman–Crippen MR) is 90.7 cm³/mol. The minimum atomic E-state index is -0.957. The highest BCUT2D eigenvalue weighted by molar-refractivity contribution is 5.91. The van der Waals surface area contributed by atoms with Gasteiger partial charge in [0.05, 0.1) is 18.6 Å². The highest BCUT2D eigenvalue weighted by Crippen LogP contribution is 2.52. The molecule has 0 radical (unpaired) electrons. The van der Waals surface area contributed by atoms with Crippen LogP contribution in [0.2, 0.25) is 0 Å². The number of nitrogens with zero attached hydrogens (tertiary/aromatic N) is 1. The minimum absolute atomic E-state index is 0.118. The van der Waals surface area contributed by atoms with E-state index in [1.807, 2.05) is 48.5 Å². The lowest BCUT2D eigenvalue weighted by Gasteiger charge is -2.22. The van der Waals surface area contributed by atoms with Crippen LogP contribution in [0.4, 0.5) is 0 Å². The van der Waals surface area contributed by atoms with Crippen LogP contribution in [0.1, 0.15) is 5.56 Å². The molecule has 5 rings (SSSR count). The lowest BCUT2D eigenvalue weighted by atomic mass is 9.77. The Morgan fingerprint density at radius 3 is 2.88 bits per heavy atom. The monoisotopic (exact) mass is 335 g/mol. The molecule has 1 amide bonds. The predicted octanol–water partition coefficient (Wildman–Crippen LogP) is 2.21. The van der Waals surface area contributed by atoms with Crippen molar-refractivity contribution in [3.05, 3.63) is 60.2 Å². The minimum Gasteiger partial charge on any atom is -0.481 e. The zero-order chi connectivity index (χ0) is 17.2. The molecule has 0 aromatic heterocycles. The topological polar surface area (TPSA) is 66.8 Å². The summed E-state index contributed by atoms with van der Waals surface area (Å²) in [7, 11) is 0. The maximum atomic E-state index is 13.0. The maximum absolute atomic E-state index is 13.0. The summed E-state index contributed by atoms with van der Waals surface area (Å²) in [6.07, 6.45) is 3.21. The molecule has 3 aliphatic heterocycles. The van der Waals surface area contributed by atoms with Gasteiger partial charge in [0.25, 0.3) is 0 Å². The van der Waals surface area contributed by atoms with Gasteiger partial charge in [-0.2, -0.15) is 0 Å². The maximum Gasteiger partial charge on any atom is 0.310 e. The van der Waals surface area contributed by atoms with E-state index < -0.39 is 29.5 Å². The van der Waals surface area contributed by atoms with E-state index in [9.17, 15) is 14.7 Å². The van der Waals surface area contributed by atoms with Crippen molar-refractivity contribution in [2.75, 3.05) is 6.54 Å². The number of amides is 1. The van der Waals surface area contributed by atoms with Crippen molar-refractivity contribution >= 4 is 22.6 Å². The largest absolute Gasteiger partial charge is 0.481 e.